The Morgan fingerprint density at radius 1 is 1.44 bits per heavy atom. The zero-order valence-electron chi connectivity index (χ0n) is 8.78. The summed E-state index contributed by atoms with van der Waals surface area (Å²) < 4.78 is 26.5. The van der Waals surface area contributed by atoms with Gasteiger partial charge >= 0.3 is 0 Å². The van der Waals surface area contributed by atoms with Crippen molar-refractivity contribution in [1.82, 2.24) is 4.72 Å². The van der Waals surface area contributed by atoms with Crippen LogP contribution >= 0.6 is 27.5 Å². The number of sulfonamides is 1. The topological polar surface area (TPSA) is 46.2 Å². The molecule has 0 amide bonds. The molecule has 0 aliphatic carbocycles. The smallest absolute Gasteiger partial charge is 0.212 e. The van der Waals surface area contributed by atoms with Gasteiger partial charge in [-0.2, -0.15) is 0 Å². The highest BCUT2D eigenvalue weighted by Crippen LogP contribution is 2.23. The summed E-state index contributed by atoms with van der Waals surface area (Å²) in [5.41, 5.74) is 0.903. The lowest BCUT2D eigenvalue weighted by Crippen LogP contribution is -2.29. The van der Waals surface area contributed by atoms with Crippen molar-refractivity contribution in [3.05, 3.63) is 34.3 Å². The van der Waals surface area contributed by atoms with Crippen LogP contribution < -0.4 is 4.72 Å². The first-order valence-corrected chi connectivity index (χ1v) is 7.74. The van der Waals surface area contributed by atoms with Crippen LogP contribution in [0, 0.1) is 0 Å². The number of hydrogen-bond acceptors (Lipinski definition) is 2. The van der Waals surface area contributed by atoms with Gasteiger partial charge in [-0.15, -0.1) is 11.6 Å². The minimum absolute atomic E-state index is 0.0661. The second-order valence-electron chi connectivity index (χ2n) is 3.37. The van der Waals surface area contributed by atoms with Crippen molar-refractivity contribution in [2.75, 3.05) is 11.6 Å². The Kier molecular flexibility index (Phi) is 5.24. The van der Waals surface area contributed by atoms with Gasteiger partial charge in [-0.05, 0) is 18.6 Å². The lowest BCUT2D eigenvalue weighted by Gasteiger charge is -2.15. The van der Waals surface area contributed by atoms with Gasteiger partial charge < -0.3 is 0 Å². The van der Waals surface area contributed by atoms with E-state index >= 15 is 0 Å². The third-order valence-corrected chi connectivity index (χ3v) is 4.66. The van der Waals surface area contributed by atoms with Crippen LogP contribution in [0.4, 0.5) is 0 Å². The second-order valence-corrected chi connectivity index (χ2v) is 6.47. The minimum Gasteiger partial charge on any atom is -0.212 e. The molecule has 0 saturated carbocycles. The molecule has 0 radical (unpaired) electrons. The quantitative estimate of drug-likeness (QED) is 0.846. The van der Waals surface area contributed by atoms with Gasteiger partial charge in [0.25, 0.3) is 0 Å². The maximum absolute atomic E-state index is 11.5. The number of nitrogens with one attached hydrogen (secondary N) is 1. The van der Waals surface area contributed by atoms with Gasteiger partial charge in [0.1, 0.15) is 0 Å². The van der Waals surface area contributed by atoms with Crippen LogP contribution in [0.25, 0.3) is 0 Å². The van der Waals surface area contributed by atoms with Gasteiger partial charge in [-0.1, -0.05) is 34.1 Å². The highest BCUT2D eigenvalue weighted by Gasteiger charge is 2.16. The first-order chi connectivity index (χ1) is 7.46. The van der Waals surface area contributed by atoms with Gasteiger partial charge in [0.2, 0.25) is 10.0 Å². The number of benzene rings is 1. The molecule has 0 spiro atoms. The Labute approximate surface area is 109 Å². The largest absolute Gasteiger partial charge is 0.213 e. The van der Waals surface area contributed by atoms with Crippen molar-refractivity contribution < 1.29 is 8.42 Å². The van der Waals surface area contributed by atoms with Crippen molar-refractivity contribution in [1.29, 1.82) is 0 Å². The molecule has 0 aliphatic rings. The fourth-order valence-electron chi connectivity index (χ4n) is 1.32. The van der Waals surface area contributed by atoms with E-state index in [4.69, 9.17) is 11.6 Å². The van der Waals surface area contributed by atoms with Crippen LogP contribution in [0.2, 0.25) is 0 Å². The molecule has 16 heavy (non-hydrogen) atoms. The average molecular weight is 327 g/mol. The summed E-state index contributed by atoms with van der Waals surface area (Å²) in [4.78, 5) is 0. The monoisotopic (exact) mass is 325 g/mol. The van der Waals surface area contributed by atoms with Crippen LogP contribution in [0.5, 0.6) is 0 Å². The van der Waals surface area contributed by atoms with Crippen LogP contribution in [-0.2, 0) is 10.0 Å². The number of halogens is 2. The van der Waals surface area contributed by atoms with Crippen molar-refractivity contribution >= 4 is 37.6 Å². The molecule has 1 atom stereocenters. The van der Waals surface area contributed by atoms with E-state index in [1.807, 2.05) is 24.3 Å². The summed E-state index contributed by atoms with van der Waals surface area (Å²) in [6, 6.07) is 7.23. The molecule has 1 aromatic rings. The Morgan fingerprint density at radius 3 is 2.62 bits per heavy atom. The van der Waals surface area contributed by atoms with E-state index in [0.717, 1.165) is 10.0 Å². The third-order valence-electron chi connectivity index (χ3n) is 2.07. The zero-order valence-corrected chi connectivity index (χ0v) is 11.9. The molecule has 6 heteroatoms. The highest BCUT2D eigenvalue weighted by atomic mass is 79.9. The molecule has 0 aliphatic heterocycles. The molecule has 90 valence electrons. The fourth-order valence-corrected chi connectivity index (χ4v) is 3.54. The molecule has 3 nitrogen and oxygen atoms in total. The van der Waals surface area contributed by atoms with E-state index in [9.17, 15) is 8.42 Å². The standard InChI is InChI=1S/C10H13BrClNO2S/c1-8(13-16(14,15)7-6-12)9-4-2-3-5-10(9)11/h2-5,8,13H,6-7H2,1H3. The SMILES string of the molecule is CC(NS(=O)(=O)CCCl)c1ccccc1Br. The summed E-state index contributed by atoms with van der Waals surface area (Å²) >= 11 is 8.80. The first kappa shape index (κ1) is 14.0. The van der Waals surface area contributed by atoms with Gasteiger partial charge in [-0.3, -0.25) is 0 Å². The molecule has 1 unspecified atom stereocenters. The molecule has 0 saturated heterocycles. The Balaban J connectivity index is 2.81. The number of hydrogen-bond donors (Lipinski definition) is 1. The maximum Gasteiger partial charge on any atom is 0.213 e. The zero-order chi connectivity index (χ0) is 12.2. The van der Waals surface area contributed by atoms with Crippen LogP contribution in [0.15, 0.2) is 28.7 Å². The predicted octanol–water partition coefficient (Wildman–Crippen LogP) is 2.67. The Hall–Kier alpha value is -0.100. The minimum atomic E-state index is -3.30. The normalized spacial score (nSPS) is 13.7. The van der Waals surface area contributed by atoms with Gasteiger partial charge in [0, 0.05) is 16.4 Å². The van der Waals surface area contributed by atoms with E-state index in [0.29, 0.717) is 0 Å². The lowest BCUT2D eigenvalue weighted by molar-refractivity contribution is 0.568. The Bertz CT molecular complexity index is 450. The van der Waals surface area contributed by atoms with E-state index < -0.39 is 10.0 Å². The van der Waals surface area contributed by atoms with Crippen molar-refractivity contribution in [2.24, 2.45) is 0 Å². The van der Waals surface area contributed by atoms with Crippen LogP contribution in [0.1, 0.15) is 18.5 Å². The van der Waals surface area contributed by atoms with E-state index in [1.54, 1.807) is 6.92 Å². The molecule has 0 aromatic heterocycles. The van der Waals surface area contributed by atoms with Gasteiger partial charge in [0.15, 0.2) is 0 Å². The molecule has 0 bridgehead atoms. The van der Waals surface area contributed by atoms with Crippen molar-refractivity contribution in [3.8, 4) is 0 Å². The first-order valence-electron chi connectivity index (χ1n) is 4.76. The molecular formula is C10H13BrClNO2S. The summed E-state index contributed by atoms with van der Waals surface area (Å²) in [5, 5.41) is 0. The third kappa shape index (κ3) is 4.05. The van der Waals surface area contributed by atoms with Crippen LogP contribution in [0.3, 0.4) is 0 Å². The van der Waals surface area contributed by atoms with E-state index in [1.165, 1.54) is 0 Å². The van der Waals surface area contributed by atoms with Gasteiger partial charge in [-0.25, -0.2) is 13.1 Å². The molecule has 0 heterocycles. The maximum atomic E-state index is 11.5. The molecule has 1 N–H and O–H groups in total. The molecule has 1 aromatic carbocycles. The summed E-state index contributed by atoms with van der Waals surface area (Å²) in [7, 11) is -3.30. The highest BCUT2D eigenvalue weighted by molar-refractivity contribution is 9.10. The Morgan fingerprint density at radius 2 is 2.06 bits per heavy atom. The van der Waals surface area contributed by atoms with Gasteiger partial charge in [0.05, 0.1) is 5.75 Å². The summed E-state index contributed by atoms with van der Waals surface area (Å²) in [6.07, 6.45) is 0. The molecule has 1 rings (SSSR count). The van der Waals surface area contributed by atoms with E-state index in [-0.39, 0.29) is 17.7 Å². The summed E-state index contributed by atoms with van der Waals surface area (Å²) in [5.74, 6) is 0.0291. The van der Waals surface area contributed by atoms with E-state index in [2.05, 4.69) is 20.7 Å². The van der Waals surface area contributed by atoms with Crippen LogP contribution in [-0.4, -0.2) is 20.1 Å². The van der Waals surface area contributed by atoms with Crippen molar-refractivity contribution in [2.45, 2.75) is 13.0 Å². The van der Waals surface area contributed by atoms with Crippen molar-refractivity contribution in [3.63, 3.8) is 0 Å². The lowest BCUT2D eigenvalue weighted by atomic mass is 10.1. The fraction of sp³-hybridized carbons (Fsp3) is 0.400. The predicted molar refractivity (Wildman–Crippen MR) is 70.2 cm³/mol. The average Bonchev–Trinajstić information content (AvgIpc) is 2.17. The second kappa shape index (κ2) is 6.00. The molecular weight excluding hydrogens is 314 g/mol. The number of alkyl halides is 1. The number of rotatable bonds is 5. The summed E-state index contributed by atoms with van der Waals surface area (Å²) in [6.45, 7) is 1.80. The molecule has 0 fully saturated rings.